The van der Waals surface area contributed by atoms with Gasteiger partial charge in [-0.3, -0.25) is 0 Å². The van der Waals surface area contributed by atoms with Crippen molar-refractivity contribution in [3.8, 4) is 0 Å². The van der Waals surface area contributed by atoms with Crippen molar-refractivity contribution >= 4 is 32.5 Å². The van der Waals surface area contributed by atoms with E-state index >= 15 is 0 Å². The van der Waals surface area contributed by atoms with E-state index < -0.39 is 10.0 Å². The highest BCUT2D eigenvalue weighted by atomic mass is 35.5. The third-order valence-corrected chi connectivity index (χ3v) is 5.21. The van der Waals surface area contributed by atoms with Crippen LogP contribution < -0.4 is 0 Å². The van der Waals surface area contributed by atoms with Crippen molar-refractivity contribution in [3.63, 3.8) is 0 Å². The summed E-state index contributed by atoms with van der Waals surface area (Å²) in [7, 11) is -3.71. The molecule has 0 saturated carbocycles. The Bertz CT molecular complexity index is 901. The number of nitrogens with zero attached hydrogens (tertiary/aromatic N) is 1. The molecule has 0 saturated heterocycles. The van der Waals surface area contributed by atoms with Gasteiger partial charge in [0.2, 0.25) is 0 Å². The predicted molar refractivity (Wildman–Crippen MR) is 81.9 cm³/mol. The summed E-state index contributed by atoms with van der Waals surface area (Å²) < 4.78 is 26.6. The van der Waals surface area contributed by atoms with E-state index in [1.807, 2.05) is 0 Å². The first-order chi connectivity index (χ1) is 10.0. The molecular weight excluding hydrogens is 310 g/mol. The van der Waals surface area contributed by atoms with Crippen molar-refractivity contribution in [2.45, 2.75) is 11.5 Å². The molecule has 0 aliphatic rings. The van der Waals surface area contributed by atoms with Gasteiger partial charge >= 0.3 is 0 Å². The summed E-state index contributed by atoms with van der Waals surface area (Å²) in [6.07, 6.45) is 1.43. The van der Waals surface area contributed by atoms with Crippen LogP contribution in [0, 0.1) is 0 Å². The van der Waals surface area contributed by atoms with E-state index in [-0.39, 0.29) is 11.5 Å². The summed E-state index contributed by atoms with van der Waals surface area (Å²) in [6, 6.07) is 13.1. The second-order valence-corrected chi connectivity index (χ2v) is 6.84. The van der Waals surface area contributed by atoms with E-state index in [2.05, 4.69) is 0 Å². The molecule has 0 aliphatic carbocycles. The second kappa shape index (κ2) is 5.18. The second-order valence-electron chi connectivity index (χ2n) is 4.59. The van der Waals surface area contributed by atoms with Crippen LogP contribution in [0.15, 0.2) is 59.6 Å². The van der Waals surface area contributed by atoms with Crippen molar-refractivity contribution < 1.29 is 13.5 Å². The lowest BCUT2D eigenvalue weighted by molar-refractivity contribution is 0.283. The molecule has 4 nitrogen and oxygen atoms in total. The Balaban J connectivity index is 2.31. The van der Waals surface area contributed by atoms with Crippen molar-refractivity contribution in [1.82, 2.24) is 3.97 Å². The molecule has 0 spiro atoms. The number of fused-ring (bicyclic) bond motifs is 1. The van der Waals surface area contributed by atoms with Crippen LogP contribution >= 0.6 is 11.6 Å². The van der Waals surface area contributed by atoms with Crippen LogP contribution in [0.4, 0.5) is 0 Å². The van der Waals surface area contributed by atoms with Crippen molar-refractivity contribution in [3.05, 3.63) is 65.3 Å². The lowest BCUT2D eigenvalue weighted by Crippen LogP contribution is -2.11. The molecule has 2 aromatic carbocycles. The molecule has 0 radical (unpaired) electrons. The van der Waals surface area contributed by atoms with Crippen molar-refractivity contribution in [1.29, 1.82) is 0 Å². The Labute approximate surface area is 127 Å². The number of aliphatic hydroxyl groups is 1. The lowest BCUT2D eigenvalue weighted by atomic mass is 10.2. The van der Waals surface area contributed by atoms with E-state index in [1.165, 1.54) is 22.3 Å². The minimum absolute atomic E-state index is 0.196. The zero-order valence-corrected chi connectivity index (χ0v) is 12.5. The molecule has 0 amide bonds. The van der Waals surface area contributed by atoms with E-state index in [4.69, 9.17) is 11.6 Å². The van der Waals surface area contributed by atoms with Crippen LogP contribution in [0.2, 0.25) is 5.02 Å². The van der Waals surface area contributed by atoms with Crippen LogP contribution in [-0.4, -0.2) is 17.5 Å². The Morgan fingerprint density at radius 1 is 1.10 bits per heavy atom. The number of aliphatic hydroxyl groups excluding tert-OH is 1. The van der Waals surface area contributed by atoms with Gasteiger partial charge in [0.1, 0.15) is 0 Å². The molecule has 1 aromatic heterocycles. The van der Waals surface area contributed by atoms with Gasteiger partial charge < -0.3 is 5.11 Å². The lowest BCUT2D eigenvalue weighted by Gasteiger charge is -2.07. The Hall–Kier alpha value is -1.82. The highest BCUT2D eigenvalue weighted by Gasteiger charge is 2.20. The molecule has 0 fully saturated rings. The minimum Gasteiger partial charge on any atom is -0.392 e. The molecule has 0 unspecified atom stereocenters. The van der Waals surface area contributed by atoms with Gasteiger partial charge in [0.05, 0.1) is 17.0 Å². The van der Waals surface area contributed by atoms with Gasteiger partial charge in [0, 0.05) is 22.2 Å². The molecule has 0 atom stereocenters. The molecule has 21 heavy (non-hydrogen) atoms. The summed E-state index contributed by atoms with van der Waals surface area (Å²) in [4.78, 5) is 0.196. The molecule has 0 bridgehead atoms. The normalized spacial score (nSPS) is 11.9. The molecule has 3 aromatic rings. The summed E-state index contributed by atoms with van der Waals surface area (Å²) in [5, 5.41) is 10.5. The number of rotatable bonds is 3. The maximum Gasteiger partial charge on any atom is 0.268 e. The van der Waals surface area contributed by atoms with Crippen molar-refractivity contribution in [2.75, 3.05) is 0 Å². The average Bonchev–Trinajstić information content (AvgIpc) is 2.86. The molecule has 1 N–H and O–H groups in total. The molecule has 3 rings (SSSR count). The minimum atomic E-state index is -3.71. The fourth-order valence-corrected chi connectivity index (χ4v) is 3.85. The highest BCUT2D eigenvalue weighted by molar-refractivity contribution is 7.90. The summed E-state index contributed by atoms with van der Waals surface area (Å²) in [5.74, 6) is 0. The summed E-state index contributed by atoms with van der Waals surface area (Å²) >= 11 is 5.95. The average molecular weight is 322 g/mol. The molecule has 108 valence electrons. The van der Waals surface area contributed by atoms with Crippen LogP contribution in [0.25, 0.3) is 10.9 Å². The largest absolute Gasteiger partial charge is 0.392 e. The fraction of sp³-hybridized carbons (Fsp3) is 0.0667. The number of benzene rings is 2. The molecule has 0 aliphatic heterocycles. The van der Waals surface area contributed by atoms with E-state index in [0.29, 0.717) is 21.5 Å². The first kappa shape index (κ1) is 14.1. The van der Waals surface area contributed by atoms with Gasteiger partial charge in [-0.1, -0.05) is 29.8 Å². The molecular formula is C15H12ClNO3S. The number of halogens is 1. The van der Waals surface area contributed by atoms with Gasteiger partial charge in [-0.05, 0) is 30.3 Å². The van der Waals surface area contributed by atoms with E-state index in [9.17, 15) is 13.5 Å². The van der Waals surface area contributed by atoms with Crippen LogP contribution in [0.3, 0.4) is 0 Å². The third-order valence-electron chi connectivity index (χ3n) is 3.29. The Kier molecular flexibility index (Phi) is 3.49. The quantitative estimate of drug-likeness (QED) is 0.806. The van der Waals surface area contributed by atoms with Crippen molar-refractivity contribution in [2.24, 2.45) is 0 Å². The topological polar surface area (TPSA) is 59.3 Å². The standard InChI is InChI=1S/C15H12ClNO3S/c16-12-6-7-15-14(8-12)11(10-18)9-17(15)21(19,20)13-4-2-1-3-5-13/h1-9,18H,10H2. The van der Waals surface area contributed by atoms with Gasteiger partial charge in [-0.2, -0.15) is 0 Å². The van der Waals surface area contributed by atoms with E-state index in [0.717, 1.165) is 0 Å². The van der Waals surface area contributed by atoms with Gasteiger partial charge in [0.25, 0.3) is 10.0 Å². The summed E-state index contributed by atoms with van der Waals surface area (Å²) in [5.41, 5.74) is 1.01. The molecule has 6 heteroatoms. The smallest absolute Gasteiger partial charge is 0.268 e. The fourth-order valence-electron chi connectivity index (χ4n) is 2.27. The first-order valence-electron chi connectivity index (χ1n) is 6.25. The Morgan fingerprint density at radius 3 is 2.48 bits per heavy atom. The number of hydrogen-bond donors (Lipinski definition) is 1. The number of aromatic nitrogens is 1. The number of hydrogen-bond acceptors (Lipinski definition) is 3. The van der Waals surface area contributed by atoms with Gasteiger partial charge in [-0.15, -0.1) is 0 Å². The van der Waals surface area contributed by atoms with Crippen LogP contribution in [0.1, 0.15) is 5.56 Å². The zero-order chi connectivity index (χ0) is 15.0. The SMILES string of the molecule is O=S(=O)(c1ccccc1)n1cc(CO)c2cc(Cl)ccc21. The molecule has 1 heterocycles. The highest BCUT2D eigenvalue weighted by Crippen LogP contribution is 2.28. The summed E-state index contributed by atoms with van der Waals surface area (Å²) in [6.45, 7) is -0.256. The Morgan fingerprint density at radius 2 is 1.81 bits per heavy atom. The van der Waals surface area contributed by atoms with E-state index in [1.54, 1.807) is 36.4 Å². The predicted octanol–water partition coefficient (Wildman–Crippen LogP) is 3.02. The maximum atomic E-state index is 12.7. The van der Waals surface area contributed by atoms with Gasteiger partial charge in [0.15, 0.2) is 0 Å². The third kappa shape index (κ3) is 2.33. The zero-order valence-electron chi connectivity index (χ0n) is 10.9. The maximum absolute atomic E-state index is 12.7. The van der Waals surface area contributed by atoms with Crippen LogP contribution in [0.5, 0.6) is 0 Å². The van der Waals surface area contributed by atoms with Gasteiger partial charge in [-0.25, -0.2) is 12.4 Å². The first-order valence-corrected chi connectivity index (χ1v) is 8.07. The monoisotopic (exact) mass is 321 g/mol. The van der Waals surface area contributed by atoms with Crippen LogP contribution in [-0.2, 0) is 16.6 Å².